The number of nitrogens with one attached hydrogen (secondary N) is 1. The molecule has 2 atom stereocenters. The van der Waals surface area contributed by atoms with Crippen LogP contribution in [0.2, 0.25) is 0 Å². The van der Waals surface area contributed by atoms with Crippen LogP contribution in [0.1, 0.15) is 43.7 Å². The molecule has 1 aromatic rings. The molecule has 1 N–H and O–H groups in total. The first-order valence-electron chi connectivity index (χ1n) is 6.70. The summed E-state index contributed by atoms with van der Waals surface area (Å²) in [5.41, 5.74) is 1.47. The molecule has 2 aliphatic rings. The minimum Gasteiger partial charge on any atom is -0.310 e. The van der Waals surface area contributed by atoms with Crippen LogP contribution in [-0.4, -0.2) is 6.54 Å². The minimum atomic E-state index is 0. The predicted octanol–water partition coefficient (Wildman–Crippen LogP) is 3.95. The SMILES string of the molecule is Cl.c1ccc([C@@H]2C[C@H](CC3CC3)CCN2)cc1. The van der Waals surface area contributed by atoms with E-state index >= 15 is 0 Å². The van der Waals surface area contributed by atoms with Gasteiger partial charge in [-0.2, -0.15) is 0 Å². The first kappa shape index (κ1) is 12.9. The van der Waals surface area contributed by atoms with Crippen LogP contribution < -0.4 is 5.32 Å². The Hall–Kier alpha value is -0.530. The lowest BCUT2D eigenvalue weighted by Crippen LogP contribution is -2.31. The molecule has 94 valence electrons. The molecule has 0 bridgehead atoms. The zero-order valence-corrected chi connectivity index (χ0v) is 11.1. The van der Waals surface area contributed by atoms with Gasteiger partial charge in [0.15, 0.2) is 0 Å². The molecular formula is C15H22ClN. The van der Waals surface area contributed by atoms with Crippen LogP contribution in [0.4, 0.5) is 0 Å². The maximum Gasteiger partial charge on any atom is 0.0322 e. The largest absolute Gasteiger partial charge is 0.310 e. The number of piperidine rings is 1. The number of hydrogen-bond acceptors (Lipinski definition) is 1. The van der Waals surface area contributed by atoms with Crippen LogP contribution in [-0.2, 0) is 0 Å². The van der Waals surface area contributed by atoms with Crippen molar-refractivity contribution in [1.29, 1.82) is 0 Å². The average Bonchev–Trinajstić information content (AvgIpc) is 3.15. The molecule has 1 saturated heterocycles. The van der Waals surface area contributed by atoms with Crippen molar-refractivity contribution in [1.82, 2.24) is 5.32 Å². The predicted molar refractivity (Wildman–Crippen MR) is 74.5 cm³/mol. The first-order chi connectivity index (χ1) is 7.92. The topological polar surface area (TPSA) is 12.0 Å². The summed E-state index contributed by atoms with van der Waals surface area (Å²) in [6.45, 7) is 1.21. The Labute approximate surface area is 110 Å². The molecule has 1 aliphatic carbocycles. The first-order valence-corrected chi connectivity index (χ1v) is 6.70. The highest BCUT2D eigenvalue weighted by atomic mass is 35.5. The van der Waals surface area contributed by atoms with E-state index in [0.29, 0.717) is 6.04 Å². The quantitative estimate of drug-likeness (QED) is 0.858. The lowest BCUT2D eigenvalue weighted by atomic mass is 9.85. The molecule has 1 heterocycles. The van der Waals surface area contributed by atoms with Crippen LogP contribution >= 0.6 is 12.4 Å². The van der Waals surface area contributed by atoms with Crippen molar-refractivity contribution in [2.75, 3.05) is 6.54 Å². The Morgan fingerprint density at radius 3 is 2.47 bits per heavy atom. The van der Waals surface area contributed by atoms with Crippen molar-refractivity contribution in [3.8, 4) is 0 Å². The Morgan fingerprint density at radius 1 is 1.00 bits per heavy atom. The lowest BCUT2D eigenvalue weighted by molar-refractivity contribution is 0.282. The van der Waals surface area contributed by atoms with Gasteiger partial charge in [0.25, 0.3) is 0 Å². The summed E-state index contributed by atoms with van der Waals surface area (Å²) < 4.78 is 0. The van der Waals surface area contributed by atoms with Gasteiger partial charge in [0.05, 0.1) is 0 Å². The Balaban J connectivity index is 0.00000108. The van der Waals surface area contributed by atoms with E-state index < -0.39 is 0 Å². The van der Waals surface area contributed by atoms with Crippen molar-refractivity contribution < 1.29 is 0 Å². The van der Waals surface area contributed by atoms with Gasteiger partial charge >= 0.3 is 0 Å². The molecule has 1 aromatic carbocycles. The fourth-order valence-corrected chi connectivity index (χ4v) is 2.97. The van der Waals surface area contributed by atoms with E-state index in [0.717, 1.165) is 11.8 Å². The van der Waals surface area contributed by atoms with Gasteiger partial charge in [-0.15, -0.1) is 12.4 Å². The molecule has 3 rings (SSSR count). The third-order valence-electron chi connectivity index (χ3n) is 4.08. The molecule has 2 fully saturated rings. The summed E-state index contributed by atoms with van der Waals surface area (Å²) >= 11 is 0. The summed E-state index contributed by atoms with van der Waals surface area (Å²) in [6.07, 6.45) is 7.23. The van der Waals surface area contributed by atoms with E-state index in [4.69, 9.17) is 0 Å². The number of rotatable bonds is 3. The molecule has 1 aliphatic heterocycles. The maximum absolute atomic E-state index is 3.66. The van der Waals surface area contributed by atoms with Gasteiger partial charge in [-0.3, -0.25) is 0 Å². The van der Waals surface area contributed by atoms with Crippen molar-refractivity contribution in [2.45, 2.75) is 38.1 Å². The Kier molecular flexibility index (Phi) is 4.47. The van der Waals surface area contributed by atoms with Crippen LogP contribution in [0.15, 0.2) is 30.3 Å². The van der Waals surface area contributed by atoms with Gasteiger partial charge in [-0.05, 0) is 43.2 Å². The smallest absolute Gasteiger partial charge is 0.0322 e. The van der Waals surface area contributed by atoms with E-state index in [9.17, 15) is 0 Å². The molecule has 0 unspecified atom stereocenters. The fraction of sp³-hybridized carbons (Fsp3) is 0.600. The summed E-state index contributed by atoms with van der Waals surface area (Å²) in [7, 11) is 0. The number of hydrogen-bond donors (Lipinski definition) is 1. The molecule has 2 heteroatoms. The molecule has 1 nitrogen and oxygen atoms in total. The van der Waals surface area contributed by atoms with Crippen LogP contribution in [0.25, 0.3) is 0 Å². The van der Waals surface area contributed by atoms with E-state index in [-0.39, 0.29) is 12.4 Å². The van der Waals surface area contributed by atoms with Crippen LogP contribution in [0.5, 0.6) is 0 Å². The summed E-state index contributed by atoms with van der Waals surface area (Å²) in [4.78, 5) is 0. The summed E-state index contributed by atoms with van der Waals surface area (Å²) in [5, 5.41) is 3.66. The third kappa shape index (κ3) is 3.46. The van der Waals surface area contributed by atoms with Gasteiger partial charge in [-0.25, -0.2) is 0 Å². The zero-order valence-electron chi connectivity index (χ0n) is 10.3. The summed E-state index contributed by atoms with van der Waals surface area (Å²) in [5.74, 6) is 2.05. The molecule has 0 amide bonds. The minimum absolute atomic E-state index is 0. The van der Waals surface area contributed by atoms with Gasteiger partial charge in [0, 0.05) is 6.04 Å². The Morgan fingerprint density at radius 2 is 1.76 bits per heavy atom. The van der Waals surface area contributed by atoms with E-state index in [1.807, 2.05) is 0 Å². The molecule has 0 aromatic heterocycles. The van der Waals surface area contributed by atoms with Crippen molar-refractivity contribution in [2.24, 2.45) is 11.8 Å². The van der Waals surface area contributed by atoms with Crippen molar-refractivity contribution >= 4 is 12.4 Å². The molecule has 17 heavy (non-hydrogen) atoms. The van der Waals surface area contributed by atoms with E-state index in [2.05, 4.69) is 35.6 Å². The lowest BCUT2D eigenvalue weighted by Gasteiger charge is -2.30. The fourth-order valence-electron chi connectivity index (χ4n) is 2.97. The van der Waals surface area contributed by atoms with E-state index in [1.54, 1.807) is 0 Å². The Bertz CT molecular complexity index is 334. The van der Waals surface area contributed by atoms with Gasteiger partial charge in [-0.1, -0.05) is 43.2 Å². The third-order valence-corrected chi connectivity index (χ3v) is 4.08. The zero-order chi connectivity index (χ0) is 10.8. The van der Waals surface area contributed by atoms with Crippen LogP contribution in [0, 0.1) is 11.8 Å². The van der Waals surface area contributed by atoms with Crippen molar-refractivity contribution in [3.05, 3.63) is 35.9 Å². The number of halogens is 1. The highest BCUT2D eigenvalue weighted by molar-refractivity contribution is 5.85. The molecular weight excluding hydrogens is 230 g/mol. The standard InChI is InChI=1S/C15H21N.ClH/c1-2-4-14(5-3-1)15-11-13(8-9-16-15)10-12-6-7-12;/h1-5,12-13,15-16H,6-11H2;1H/t13-,15-;/m0./s1. The highest BCUT2D eigenvalue weighted by Gasteiger charge is 2.29. The average molecular weight is 252 g/mol. The second-order valence-corrected chi connectivity index (χ2v) is 5.49. The van der Waals surface area contributed by atoms with Gasteiger partial charge < -0.3 is 5.32 Å². The molecule has 1 saturated carbocycles. The van der Waals surface area contributed by atoms with Gasteiger partial charge in [0.2, 0.25) is 0 Å². The van der Waals surface area contributed by atoms with Crippen molar-refractivity contribution in [3.63, 3.8) is 0 Å². The highest BCUT2D eigenvalue weighted by Crippen LogP contribution is 2.40. The van der Waals surface area contributed by atoms with Crippen LogP contribution in [0.3, 0.4) is 0 Å². The maximum atomic E-state index is 3.66. The second-order valence-electron chi connectivity index (χ2n) is 5.49. The monoisotopic (exact) mass is 251 g/mol. The second kappa shape index (κ2) is 5.88. The number of benzene rings is 1. The molecule has 0 radical (unpaired) electrons. The van der Waals surface area contributed by atoms with Gasteiger partial charge in [0.1, 0.15) is 0 Å². The molecule has 0 spiro atoms. The normalized spacial score (nSPS) is 28.5. The summed E-state index contributed by atoms with van der Waals surface area (Å²) in [6, 6.07) is 11.5. The van der Waals surface area contributed by atoms with E-state index in [1.165, 1.54) is 44.2 Å².